The zero-order valence-corrected chi connectivity index (χ0v) is 11.7. The van der Waals surface area contributed by atoms with Crippen LogP contribution in [0.15, 0.2) is 36.7 Å². The molecule has 0 bridgehead atoms. The minimum Gasteiger partial charge on any atom is -0.393 e. The van der Waals surface area contributed by atoms with Gasteiger partial charge in [0.05, 0.1) is 11.5 Å². The number of aromatic nitrogens is 3. The molecule has 0 aliphatic rings. The number of hydrogen-bond acceptors (Lipinski definition) is 4. The Bertz CT molecular complexity index is 537. The molecule has 0 saturated carbocycles. The highest BCUT2D eigenvalue weighted by Gasteiger charge is 2.10. The quantitative estimate of drug-likeness (QED) is 0.810. The first kappa shape index (κ1) is 13.5. The lowest BCUT2D eigenvalue weighted by molar-refractivity contribution is 0.670. The number of para-hydroxylation sites is 1. The maximum atomic E-state index is 5.59. The molecule has 6 heteroatoms. The summed E-state index contributed by atoms with van der Waals surface area (Å²) < 4.78 is 1.77. The normalized spacial score (nSPS) is 10.4. The number of aryl methyl sites for hydroxylation is 1. The summed E-state index contributed by atoms with van der Waals surface area (Å²) in [6, 6.07) is 10.2. The van der Waals surface area contributed by atoms with Gasteiger partial charge in [0.25, 0.3) is 0 Å². The second-order valence-electron chi connectivity index (χ2n) is 4.27. The Kier molecular flexibility index (Phi) is 4.46. The van der Waals surface area contributed by atoms with Gasteiger partial charge in [0.2, 0.25) is 0 Å². The molecule has 100 valence electrons. The Morgan fingerprint density at radius 1 is 1.37 bits per heavy atom. The van der Waals surface area contributed by atoms with Crippen LogP contribution >= 0.6 is 12.2 Å². The predicted molar refractivity (Wildman–Crippen MR) is 79.9 cm³/mol. The van der Waals surface area contributed by atoms with Crippen LogP contribution in [-0.4, -0.2) is 26.3 Å². The number of rotatable bonds is 6. The summed E-state index contributed by atoms with van der Waals surface area (Å²) in [5.41, 5.74) is 6.72. The van der Waals surface area contributed by atoms with Gasteiger partial charge in [0.15, 0.2) is 0 Å². The second kappa shape index (κ2) is 6.29. The first-order valence-corrected chi connectivity index (χ1v) is 6.49. The third kappa shape index (κ3) is 3.75. The van der Waals surface area contributed by atoms with Crippen LogP contribution in [0.3, 0.4) is 0 Å². The van der Waals surface area contributed by atoms with Crippen molar-refractivity contribution in [3.63, 3.8) is 0 Å². The number of benzene rings is 1. The van der Waals surface area contributed by atoms with Crippen LogP contribution in [0.1, 0.15) is 12.2 Å². The van der Waals surface area contributed by atoms with Crippen LogP contribution in [0, 0.1) is 0 Å². The summed E-state index contributed by atoms with van der Waals surface area (Å²) in [6.45, 7) is 1.45. The van der Waals surface area contributed by atoms with Gasteiger partial charge in [-0.2, -0.15) is 5.10 Å². The third-order valence-electron chi connectivity index (χ3n) is 2.89. The van der Waals surface area contributed by atoms with Crippen molar-refractivity contribution in [2.24, 2.45) is 12.8 Å². The van der Waals surface area contributed by atoms with Gasteiger partial charge >= 0.3 is 0 Å². The maximum absolute atomic E-state index is 5.59. The molecule has 19 heavy (non-hydrogen) atoms. The first-order chi connectivity index (χ1) is 9.16. The van der Waals surface area contributed by atoms with Crippen LogP contribution in [0.2, 0.25) is 0 Å². The van der Waals surface area contributed by atoms with Crippen molar-refractivity contribution in [2.75, 3.05) is 11.4 Å². The summed E-state index contributed by atoms with van der Waals surface area (Å²) in [5, 5.41) is 4.09. The van der Waals surface area contributed by atoms with E-state index in [9.17, 15) is 0 Å². The second-order valence-corrected chi connectivity index (χ2v) is 4.80. The lowest BCUT2D eigenvalue weighted by atomic mass is 10.2. The van der Waals surface area contributed by atoms with E-state index >= 15 is 0 Å². The molecule has 0 aliphatic heterocycles. The molecule has 2 aromatic rings. The predicted octanol–water partition coefficient (Wildman–Crippen LogP) is 1.50. The molecular weight excluding hydrogens is 258 g/mol. The van der Waals surface area contributed by atoms with Gasteiger partial charge in [-0.25, -0.2) is 4.98 Å². The minimum atomic E-state index is 0.527. The summed E-state index contributed by atoms with van der Waals surface area (Å²) >= 11 is 4.96. The van der Waals surface area contributed by atoms with Gasteiger partial charge in [0.1, 0.15) is 12.2 Å². The summed E-state index contributed by atoms with van der Waals surface area (Å²) in [5.74, 6) is 0.909. The standard InChI is InChI=1S/C13H17N5S/c1-17-13(15-10-16-17)9-18(8-7-12(14)19)11-5-3-2-4-6-11/h2-6,10H,7-9H2,1H3,(H2,14,19). The molecule has 0 saturated heterocycles. The zero-order chi connectivity index (χ0) is 13.7. The van der Waals surface area contributed by atoms with Gasteiger partial charge in [-0.1, -0.05) is 30.4 Å². The van der Waals surface area contributed by atoms with Crippen molar-refractivity contribution in [3.05, 3.63) is 42.5 Å². The van der Waals surface area contributed by atoms with E-state index in [1.165, 1.54) is 0 Å². The topological polar surface area (TPSA) is 60.0 Å². The van der Waals surface area contributed by atoms with E-state index < -0.39 is 0 Å². The van der Waals surface area contributed by atoms with Crippen LogP contribution in [0.25, 0.3) is 0 Å². The lowest BCUT2D eigenvalue weighted by Gasteiger charge is -2.24. The fourth-order valence-electron chi connectivity index (χ4n) is 1.82. The molecule has 0 amide bonds. The highest BCUT2D eigenvalue weighted by atomic mass is 32.1. The molecule has 1 aromatic carbocycles. The Labute approximate surface area is 118 Å². The fraction of sp³-hybridized carbons (Fsp3) is 0.308. The number of thiocarbonyl (C=S) groups is 1. The van der Waals surface area contributed by atoms with Gasteiger partial charge < -0.3 is 10.6 Å². The number of hydrogen-bond donors (Lipinski definition) is 1. The molecule has 1 aromatic heterocycles. The van der Waals surface area contributed by atoms with Crippen LogP contribution in [0.4, 0.5) is 5.69 Å². The van der Waals surface area contributed by atoms with E-state index in [2.05, 4.69) is 27.1 Å². The van der Waals surface area contributed by atoms with Crippen molar-refractivity contribution in [2.45, 2.75) is 13.0 Å². The Morgan fingerprint density at radius 3 is 2.68 bits per heavy atom. The summed E-state index contributed by atoms with van der Waals surface area (Å²) in [7, 11) is 1.89. The SMILES string of the molecule is Cn1ncnc1CN(CCC(N)=S)c1ccccc1. The molecule has 0 fully saturated rings. The molecule has 2 N–H and O–H groups in total. The minimum absolute atomic E-state index is 0.527. The van der Waals surface area contributed by atoms with E-state index in [4.69, 9.17) is 18.0 Å². The Morgan fingerprint density at radius 2 is 2.11 bits per heavy atom. The van der Waals surface area contributed by atoms with Gasteiger partial charge in [-0.3, -0.25) is 4.68 Å². The van der Waals surface area contributed by atoms with E-state index in [1.807, 2.05) is 25.2 Å². The fourth-order valence-corrected chi connectivity index (χ4v) is 1.91. The van der Waals surface area contributed by atoms with Gasteiger partial charge in [-0.15, -0.1) is 0 Å². The highest BCUT2D eigenvalue weighted by molar-refractivity contribution is 7.80. The smallest absolute Gasteiger partial charge is 0.146 e. The van der Waals surface area contributed by atoms with E-state index in [-0.39, 0.29) is 0 Å². The summed E-state index contributed by atoms with van der Waals surface area (Å²) in [6.07, 6.45) is 2.24. The van der Waals surface area contributed by atoms with E-state index in [1.54, 1.807) is 11.0 Å². The number of nitrogens with zero attached hydrogens (tertiary/aromatic N) is 4. The van der Waals surface area contributed by atoms with E-state index in [0.717, 1.165) is 18.1 Å². The van der Waals surface area contributed by atoms with Gasteiger partial charge in [-0.05, 0) is 12.1 Å². The van der Waals surface area contributed by atoms with E-state index in [0.29, 0.717) is 18.0 Å². The van der Waals surface area contributed by atoms with Crippen molar-refractivity contribution in [1.29, 1.82) is 0 Å². The van der Waals surface area contributed by atoms with Crippen LogP contribution in [-0.2, 0) is 13.6 Å². The van der Waals surface area contributed by atoms with Crippen molar-refractivity contribution < 1.29 is 0 Å². The number of anilines is 1. The molecule has 2 rings (SSSR count). The zero-order valence-electron chi connectivity index (χ0n) is 10.9. The average Bonchev–Trinajstić information content (AvgIpc) is 2.81. The molecule has 5 nitrogen and oxygen atoms in total. The van der Waals surface area contributed by atoms with Crippen LogP contribution < -0.4 is 10.6 Å². The third-order valence-corrected chi connectivity index (χ3v) is 3.09. The molecule has 0 atom stereocenters. The van der Waals surface area contributed by atoms with Crippen molar-refractivity contribution >= 4 is 22.9 Å². The molecule has 0 spiro atoms. The van der Waals surface area contributed by atoms with Gasteiger partial charge in [0, 0.05) is 25.7 Å². The molecule has 0 aliphatic carbocycles. The molecule has 1 heterocycles. The average molecular weight is 275 g/mol. The largest absolute Gasteiger partial charge is 0.393 e. The summed E-state index contributed by atoms with van der Waals surface area (Å²) in [4.78, 5) is 6.98. The molecular formula is C13H17N5S. The first-order valence-electron chi connectivity index (χ1n) is 6.08. The maximum Gasteiger partial charge on any atom is 0.146 e. The lowest BCUT2D eigenvalue weighted by Crippen LogP contribution is -2.28. The van der Waals surface area contributed by atoms with Crippen molar-refractivity contribution in [3.8, 4) is 0 Å². The Balaban J connectivity index is 2.15. The monoisotopic (exact) mass is 275 g/mol. The molecule has 0 unspecified atom stereocenters. The Hall–Kier alpha value is -1.95. The van der Waals surface area contributed by atoms with Crippen LogP contribution in [0.5, 0.6) is 0 Å². The number of nitrogens with two attached hydrogens (primary N) is 1. The highest BCUT2D eigenvalue weighted by Crippen LogP contribution is 2.16. The van der Waals surface area contributed by atoms with Crippen molar-refractivity contribution in [1.82, 2.24) is 14.8 Å². The molecule has 0 radical (unpaired) electrons.